The number of β-amino-alcohol motifs (C(OH)–C–C–N with tert-alkyl or cyclic N) is 1. The second kappa shape index (κ2) is 7.17. The Hall–Kier alpha value is -0.820. The van der Waals surface area contributed by atoms with Crippen LogP contribution < -0.4 is 0 Å². The van der Waals surface area contributed by atoms with Crippen molar-refractivity contribution in [2.24, 2.45) is 0 Å². The highest BCUT2D eigenvalue weighted by molar-refractivity contribution is 6.31. The zero-order valence-electron chi connectivity index (χ0n) is 12.4. The molecule has 0 saturated carbocycles. The van der Waals surface area contributed by atoms with Crippen LogP contribution in [0.5, 0.6) is 0 Å². The molecule has 0 bridgehead atoms. The van der Waals surface area contributed by atoms with Crippen molar-refractivity contribution in [1.29, 1.82) is 0 Å². The summed E-state index contributed by atoms with van der Waals surface area (Å²) < 4.78 is 38.1. The zero-order valence-corrected chi connectivity index (χ0v) is 13.1. The van der Waals surface area contributed by atoms with Gasteiger partial charge in [-0.3, -0.25) is 9.80 Å². The molecule has 1 fully saturated rings. The average molecular weight is 337 g/mol. The SMILES string of the molecule is CC(N1CCN(CC(O)c2ccccc2Cl)CC1)C(F)(F)F. The number of alkyl halides is 3. The molecule has 1 heterocycles. The molecule has 1 aliphatic rings. The van der Waals surface area contributed by atoms with E-state index in [4.69, 9.17) is 11.6 Å². The lowest BCUT2D eigenvalue weighted by Crippen LogP contribution is -2.54. The number of nitrogens with zero attached hydrogens (tertiary/aromatic N) is 2. The summed E-state index contributed by atoms with van der Waals surface area (Å²) in [7, 11) is 0. The molecule has 1 aromatic carbocycles. The lowest BCUT2D eigenvalue weighted by atomic mass is 10.1. The van der Waals surface area contributed by atoms with Gasteiger partial charge in [-0.25, -0.2) is 0 Å². The molecule has 0 aliphatic carbocycles. The highest BCUT2D eigenvalue weighted by atomic mass is 35.5. The first-order chi connectivity index (χ1) is 10.3. The number of hydrogen-bond acceptors (Lipinski definition) is 3. The van der Waals surface area contributed by atoms with Gasteiger partial charge in [0, 0.05) is 43.3 Å². The summed E-state index contributed by atoms with van der Waals surface area (Å²) in [5.41, 5.74) is 0.648. The van der Waals surface area contributed by atoms with Crippen molar-refractivity contribution in [3.8, 4) is 0 Å². The lowest BCUT2D eigenvalue weighted by molar-refractivity contribution is -0.182. The summed E-state index contributed by atoms with van der Waals surface area (Å²) in [5, 5.41) is 10.7. The maximum absolute atomic E-state index is 12.7. The fourth-order valence-electron chi connectivity index (χ4n) is 2.63. The zero-order chi connectivity index (χ0) is 16.3. The molecule has 2 unspecified atom stereocenters. The fraction of sp³-hybridized carbons (Fsp3) is 0.600. The Bertz CT molecular complexity index is 490. The van der Waals surface area contributed by atoms with Gasteiger partial charge >= 0.3 is 6.18 Å². The molecular formula is C15H20ClF3N2O. The van der Waals surface area contributed by atoms with Crippen molar-refractivity contribution < 1.29 is 18.3 Å². The topological polar surface area (TPSA) is 26.7 Å². The Morgan fingerprint density at radius 2 is 1.77 bits per heavy atom. The number of benzene rings is 1. The fourth-order valence-corrected chi connectivity index (χ4v) is 2.89. The van der Waals surface area contributed by atoms with Gasteiger partial charge in [-0.2, -0.15) is 13.2 Å². The van der Waals surface area contributed by atoms with Gasteiger partial charge in [-0.1, -0.05) is 29.8 Å². The van der Waals surface area contributed by atoms with Gasteiger partial charge in [-0.05, 0) is 13.0 Å². The third kappa shape index (κ3) is 4.35. The Kier molecular flexibility index (Phi) is 5.71. The molecule has 1 N–H and O–H groups in total. The predicted molar refractivity (Wildman–Crippen MR) is 79.9 cm³/mol. The van der Waals surface area contributed by atoms with Crippen LogP contribution in [-0.2, 0) is 0 Å². The van der Waals surface area contributed by atoms with Gasteiger partial charge < -0.3 is 5.11 Å². The highest BCUT2D eigenvalue weighted by Gasteiger charge is 2.40. The molecule has 1 saturated heterocycles. The third-order valence-electron chi connectivity index (χ3n) is 4.12. The van der Waals surface area contributed by atoms with E-state index < -0.39 is 18.3 Å². The van der Waals surface area contributed by atoms with Gasteiger partial charge in [0.25, 0.3) is 0 Å². The third-order valence-corrected chi connectivity index (χ3v) is 4.47. The van der Waals surface area contributed by atoms with Crippen LogP contribution in [0.2, 0.25) is 5.02 Å². The van der Waals surface area contributed by atoms with Gasteiger partial charge in [0.05, 0.1) is 6.10 Å². The standard InChI is InChI=1S/C15H20ClF3N2O/c1-11(15(17,18)19)21-8-6-20(7-9-21)10-14(22)12-4-2-3-5-13(12)16/h2-5,11,14,22H,6-10H2,1H3. The quantitative estimate of drug-likeness (QED) is 0.916. The van der Waals surface area contributed by atoms with Crippen LogP contribution in [-0.4, -0.2) is 59.8 Å². The number of aliphatic hydroxyl groups is 1. The van der Waals surface area contributed by atoms with Gasteiger partial charge in [0.1, 0.15) is 6.04 Å². The monoisotopic (exact) mass is 336 g/mol. The van der Waals surface area contributed by atoms with E-state index in [1.807, 2.05) is 4.90 Å². The van der Waals surface area contributed by atoms with E-state index in [0.29, 0.717) is 43.3 Å². The van der Waals surface area contributed by atoms with E-state index >= 15 is 0 Å². The molecule has 7 heteroatoms. The number of piperazine rings is 1. The Morgan fingerprint density at radius 3 is 2.32 bits per heavy atom. The molecule has 0 aromatic heterocycles. The summed E-state index contributed by atoms with van der Waals surface area (Å²) in [6.45, 7) is 3.25. The maximum Gasteiger partial charge on any atom is 0.403 e. The van der Waals surface area contributed by atoms with Crippen molar-refractivity contribution in [3.05, 3.63) is 34.9 Å². The number of rotatable bonds is 4. The summed E-state index contributed by atoms with van der Waals surface area (Å²) in [5.74, 6) is 0. The van der Waals surface area contributed by atoms with Crippen LogP contribution in [0.25, 0.3) is 0 Å². The van der Waals surface area contributed by atoms with E-state index in [1.54, 1.807) is 24.3 Å². The van der Waals surface area contributed by atoms with E-state index in [9.17, 15) is 18.3 Å². The molecular weight excluding hydrogens is 317 g/mol. The first kappa shape index (κ1) is 17.5. The second-order valence-corrected chi connectivity index (χ2v) is 6.00. The van der Waals surface area contributed by atoms with Crippen LogP contribution in [0, 0.1) is 0 Å². The minimum atomic E-state index is -4.20. The average Bonchev–Trinajstić information content (AvgIpc) is 2.46. The van der Waals surface area contributed by atoms with Gasteiger partial charge in [-0.15, -0.1) is 0 Å². The molecule has 0 amide bonds. The van der Waals surface area contributed by atoms with Crippen LogP contribution in [0.4, 0.5) is 13.2 Å². The summed E-state index contributed by atoms with van der Waals surface area (Å²) in [6, 6.07) is 5.63. The molecule has 1 aromatic rings. The van der Waals surface area contributed by atoms with Crippen molar-refractivity contribution in [2.75, 3.05) is 32.7 Å². The van der Waals surface area contributed by atoms with Crippen LogP contribution in [0.1, 0.15) is 18.6 Å². The maximum atomic E-state index is 12.7. The lowest BCUT2D eigenvalue weighted by Gasteiger charge is -2.39. The normalized spacial score (nSPS) is 20.8. The van der Waals surface area contributed by atoms with E-state index in [2.05, 4.69) is 0 Å². The van der Waals surface area contributed by atoms with Gasteiger partial charge in [0.15, 0.2) is 0 Å². The molecule has 0 radical (unpaired) electrons. The van der Waals surface area contributed by atoms with Crippen molar-refractivity contribution in [1.82, 2.24) is 9.80 Å². The van der Waals surface area contributed by atoms with E-state index in [0.717, 1.165) is 0 Å². The second-order valence-electron chi connectivity index (χ2n) is 5.59. The number of aliphatic hydroxyl groups excluding tert-OH is 1. The van der Waals surface area contributed by atoms with Crippen LogP contribution >= 0.6 is 11.6 Å². The van der Waals surface area contributed by atoms with Crippen LogP contribution in [0.15, 0.2) is 24.3 Å². The molecule has 22 heavy (non-hydrogen) atoms. The Morgan fingerprint density at radius 1 is 1.18 bits per heavy atom. The molecule has 124 valence electrons. The summed E-state index contributed by atoms with van der Waals surface area (Å²) in [6.07, 6.45) is -4.93. The van der Waals surface area contributed by atoms with Crippen molar-refractivity contribution >= 4 is 11.6 Å². The van der Waals surface area contributed by atoms with Crippen molar-refractivity contribution in [2.45, 2.75) is 25.2 Å². The molecule has 2 atom stereocenters. The number of hydrogen-bond donors (Lipinski definition) is 1. The van der Waals surface area contributed by atoms with E-state index in [1.165, 1.54) is 11.8 Å². The Balaban J connectivity index is 1.86. The minimum absolute atomic E-state index is 0.343. The molecule has 0 spiro atoms. The van der Waals surface area contributed by atoms with Gasteiger partial charge in [0.2, 0.25) is 0 Å². The van der Waals surface area contributed by atoms with E-state index in [-0.39, 0.29) is 0 Å². The smallest absolute Gasteiger partial charge is 0.387 e. The Labute approximate surface area is 133 Å². The molecule has 2 rings (SSSR count). The molecule has 1 aliphatic heterocycles. The summed E-state index contributed by atoms with van der Waals surface area (Å²) >= 11 is 6.04. The first-order valence-electron chi connectivity index (χ1n) is 7.24. The molecule has 3 nitrogen and oxygen atoms in total. The predicted octanol–water partition coefficient (Wildman–Crippen LogP) is 2.94. The highest BCUT2D eigenvalue weighted by Crippen LogP contribution is 2.26. The minimum Gasteiger partial charge on any atom is -0.387 e. The largest absolute Gasteiger partial charge is 0.403 e. The van der Waals surface area contributed by atoms with Crippen molar-refractivity contribution in [3.63, 3.8) is 0 Å². The van der Waals surface area contributed by atoms with Crippen LogP contribution in [0.3, 0.4) is 0 Å². The number of halogens is 4. The first-order valence-corrected chi connectivity index (χ1v) is 7.62. The summed E-state index contributed by atoms with van der Waals surface area (Å²) in [4.78, 5) is 3.39.